The average molecular weight is 239 g/mol. The molecule has 1 aromatic carbocycles. The first-order valence-corrected chi connectivity index (χ1v) is 5.20. The second-order valence-electron chi connectivity index (χ2n) is 3.93. The minimum atomic E-state index is -1.07. The molecule has 0 atom stereocenters. The summed E-state index contributed by atoms with van der Waals surface area (Å²) in [7, 11) is 0. The van der Waals surface area contributed by atoms with Crippen molar-refractivity contribution in [2.45, 2.75) is 19.9 Å². The van der Waals surface area contributed by atoms with Crippen LogP contribution in [0.2, 0.25) is 0 Å². The van der Waals surface area contributed by atoms with Crippen molar-refractivity contribution >= 4 is 11.9 Å². The van der Waals surface area contributed by atoms with Gasteiger partial charge < -0.3 is 10.0 Å². The third-order valence-corrected chi connectivity index (χ3v) is 2.28. The van der Waals surface area contributed by atoms with E-state index in [1.165, 1.54) is 29.2 Å². The Morgan fingerprint density at radius 3 is 2.24 bits per heavy atom. The van der Waals surface area contributed by atoms with Crippen molar-refractivity contribution in [3.8, 4) is 0 Å². The number of hydrogen-bond donors (Lipinski definition) is 1. The Bertz CT molecular complexity index is 414. The summed E-state index contributed by atoms with van der Waals surface area (Å²) in [6.07, 6.45) is 0. The Labute approximate surface area is 98.7 Å². The number of rotatable bonds is 4. The van der Waals surface area contributed by atoms with Gasteiger partial charge in [-0.05, 0) is 38.1 Å². The van der Waals surface area contributed by atoms with Crippen LogP contribution in [0.5, 0.6) is 0 Å². The van der Waals surface area contributed by atoms with Crippen LogP contribution >= 0.6 is 0 Å². The highest BCUT2D eigenvalue weighted by Crippen LogP contribution is 2.09. The van der Waals surface area contributed by atoms with Crippen LogP contribution in [0.4, 0.5) is 4.39 Å². The lowest BCUT2D eigenvalue weighted by Crippen LogP contribution is -2.40. The fourth-order valence-corrected chi connectivity index (χ4v) is 1.39. The van der Waals surface area contributed by atoms with Crippen LogP contribution in [0.15, 0.2) is 24.3 Å². The second-order valence-corrected chi connectivity index (χ2v) is 3.93. The van der Waals surface area contributed by atoms with Gasteiger partial charge in [-0.15, -0.1) is 0 Å². The largest absolute Gasteiger partial charge is 0.480 e. The van der Waals surface area contributed by atoms with Crippen LogP contribution in [0.3, 0.4) is 0 Å². The Kier molecular flexibility index (Phi) is 4.20. The number of halogens is 1. The number of carbonyl (C=O) groups is 2. The molecule has 0 heterocycles. The highest BCUT2D eigenvalue weighted by atomic mass is 19.1. The molecule has 5 heteroatoms. The zero-order valence-corrected chi connectivity index (χ0v) is 9.68. The summed E-state index contributed by atoms with van der Waals surface area (Å²) in [6, 6.07) is 4.80. The van der Waals surface area contributed by atoms with Crippen molar-refractivity contribution in [1.82, 2.24) is 4.90 Å². The molecule has 0 aliphatic rings. The highest BCUT2D eigenvalue weighted by Gasteiger charge is 2.21. The van der Waals surface area contributed by atoms with Gasteiger partial charge in [-0.25, -0.2) is 4.39 Å². The Hall–Kier alpha value is -1.91. The fourth-order valence-electron chi connectivity index (χ4n) is 1.39. The van der Waals surface area contributed by atoms with Crippen molar-refractivity contribution in [2.75, 3.05) is 6.54 Å². The van der Waals surface area contributed by atoms with Gasteiger partial charge in [-0.3, -0.25) is 9.59 Å². The molecule has 1 aromatic rings. The van der Waals surface area contributed by atoms with Gasteiger partial charge in [0.2, 0.25) is 0 Å². The Morgan fingerprint density at radius 2 is 1.82 bits per heavy atom. The van der Waals surface area contributed by atoms with Crippen LogP contribution in [0.1, 0.15) is 24.2 Å². The molecule has 92 valence electrons. The average Bonchev–Trinajstić information content (AvgIpc) is 2.25. The minimum Gasteiger partial charge on any atom is -0.480 e. The summed E-state index contributed by atoms with van der Waals surface area (Å²) < 4.78 is 12.7. The van der Waals surface area contributed by atoms with Gasteiger partial charge in [0, 0.05) is 11.6 Å². The normalized spacial score (nSPS) is 10.4. The zero-order valence-electron chi connectivity index (χ0n) is 9.68. The molecular formula is C12H14FNO3. The lowest BCUT2D eigenvalue weighted by Gasteiger charge is -2.24. The van der Waals surface area contributed by atoms with E-state index < -0.39 is 17.7 Å². The smallest absolute Gasteiger partial charge is 0.323 e. The summed E-state index contributed by atoms with van der Waals surface area (Å²) in [5.74, 6) is -1.92. The summed E-state index contributed by atoms with van der Waals surface area (Å²) in [6.45, 7) is 3.09. The van der Waals surface area contributed by atoms with E-state index in [2.05, 4.69) is 0 Å². The van der Waals surface area contributed by atoms with Crippen molar-refractivity contribution in [3.05, 3.63) is 35.6 Å². The first kappa shape index (κ1) is 13.2. The number of carboxylic acids is 1. The van der Waals surface area contributed by atoms with E-state index in [1.807, 2.05) is 0 Å². The van der Waals surface area contributed by atoms with Crippen LogP contribution in [0, 0.1) is 5.82 Å². The van der Waals surface area contributed by atoms with Crippen LogP contribution in [-0.2, 0) is 4.79 Å². The number of carbonyl (C=O) groups excluding carboxylic acids is 1. The lowest BCUT2D eigenvalue weighted by atomic mass is 10.1. The Balaban J connectivity index is 2.91. The number of benzene rings is 1. The van der Waals surface area contributed by atoms with Gasteiger partial charge in [0.1, 0.15) is 12.4 Å². The van der Waals surface area contributed by atoms with Crippen LogP contribution < -0.4 is 0 Å². The topological polar surface area (TPSA) is 57.6 Å². The molecule has 0 radical (unpaired) electrons. The van der Waals surface area contributed by atoms with E-state index in [4.69, 9.17) is 5.11 Å². The van der Waals surface area contributed by atoms with Gasteiger partial charge in [-0.1, -0.05) is 0 Å². The number of nitrogens with zero attached hydrogens (tertiary/aromatic N) is 1. The van der Waals surface area contributed by atoms with E-state index >= 15 is 0 Å². The first-order valence-electron chi connectivity index (χ1n) is 5.20. The molecule has 0 spiro atoms. The van der Waals surface area contributed by atoms with E-state index in [0.29, 0.717) is 0 Å². The van der Waals surface area contributed by atoms with Crippen molar-refractivity contribution < 1.29 is 19.1 Å². The predicted octanol–water partition coefficient (Wildman–Crippen LogP) is 1.76. The van der Waals surface area contributed by atoms with Gasteiger partial charge in [0.15, 0.2) is 0 Å². The van der Waals surface area contributed by atoms with E-state index in [9.17, 15) is 14.0 Å². The Morgan fingerprint density at radius 1 is 1.29 bits per heavy atom. The van der Waals surface area contributed by atoms with Gasteiger partial charge in [0.05, 0.1) is 0 Å². The lowest BCUT2D eigenvalue weighted by molar-refractivity contribution is -0.138. The fraction of sp³-hybridized carbons (Fsp3) is 0.333. The maximum absolute atomic E-state index is 12.7. The third kappa shape index (κ3) is 3.55. The monoisotopic (exact) mass is 239 g/mol. The minimum absolute atomic E-state index is 0.233. The molecule has 0 saturated carbocycles. The highest BCUT2D eigenvalue weighted by molar-refractivity contribution is 5.96. The molecule has 0 saturated heterocycles. The second kappa shape index (κ2) is 5.43. The van der Waals surface area contributed by atoms with Crippen LogP contribution in [-0.4, -0.2) is 34.5 Å². The predicted molar refractivity (Wildman–Crippen MR) is 60.2 cm³/mol. The molecule has 0 aliphatic carbocycles. The number of carboxylic acid groups (broad SMARTS) is 1. The number of hydrogen-bond acceptors (Lipinski definition) is 2. The quantitative estimate of drug-likeness (QED) is 0.871. The molecule has 1 rings (SSSR count). The molecule has 1 N–H and O–H groups in total. The summed E-state index contributed by atoms with van der Waals surface area (Å²) in [5.41, 5.74) is 0.279. The summed E-state index contributed by atoms with van der Waals surface area (Å²) in [5, 5.41) is 8.72. The maximum Gasteiger partial charge on any atom is 0.323 e. The van der Waals surface area contributed by atoms with E-state index in [1.54, 1.807) is 13.8 Å². The van der Waals surface area contributed by atoms with Gasteiger partial charge in [-0.2, -0.15) is 0 Å². The third-order valence-electron chi connectivity index (χ3n) is 2.28. The summed E-state index contributed by atoms with van der Waals surface area (Å²) >= 11 is 0. The zero-order chi connectivity index (χ0) is 13.0. The summed E-state index contributed by atoms with van der Waals surface area (Å²) in [4.78, 5) is 23.8. The standard InChI is InChI=1S/C12H14FNO3/c1-8(2)14(7-11(15)16)12(17)9-3-5-10(13)6-4-9/h3-6,8H,7H2,1-2H3,(H,15,16). The number of aliphatic carboxylic acids is 1. The van der Waals surface area contributed by atoms with Crippen molar-refractivity contribution in [1.29, 1.82) is 0 Å². The van der Waals surface area contributed by atoms with E-state index in [-0.39, 0.29) is 18.2 Å². The molecular weight excluding hydrogens is 225 g/mol. The molecule has 0 aromatic heterocycles. The maximum atomic E-state index is 12.7. The molecule has 0 fully saturated rings. The van der Waals surface area contributed by atoms with Crippen LogP contribution in [0.25, 0.3) is 0 Å². The SMILES string of the molecule is CC(C)N(CC(=O)O)C(=O)c1ccc(F)cc1. The number of amides is 1. The molecule has 0 aliphatic heterocycles. The molecule has 1 amide bonds. The molecule has 0 bridgehead atoms. The van der Waals surface area contributed by atoms with Gasteiger partial charge in [0.25, 0.3) is 5.91 Å². The molecule has 0 unspecified atom stereocenters. The van der Waals surface area contributed by atoms with Crippen molar-refractivity contribution in [2.24, 2.45) is 0 Å². The first-order chi connectivity index (χ1) is 7.91. The van der Waals surface area contributed by atoms with E-state index in [0.717, 1.165) is 0 Å². The molecule has 17 heavy (non-hydrogen) atoms. The van der Waals surface area contributed by atoms with Crippen molar-refractivity contribution in [3.63, 3.8) is 0 Å². The molecule has 4 nitrogen and oxygen atoms in total. The van der Waals surface area contributed by atoms with Gasteiger partial charge >= 0.3 is 5.97 Å².